The number of hydrogen-bond donors (Lipinski definition) is 2. The second-order valence-corrected chi connectivity index (χ2v) is 4.93. The van der Waals surface area contributed by atoms with Gasteiger partial charge in [-0.2, -0.15) is 0 Å². The Morgan fingerprint density at radius 1 is 0.591 bits per heavy atom. The second-order valence-electron chi connectivity index (χ2n) is 4.93. The molecule has 0 aliphatic rings. The van der Waals surface area contributed by atoms with E-state index in [-0.39, 0.29) is 13.2 Å². The lowest BCUT2D eigenvalue weighted by Crippen LogP contribution is -2.02. The molecule has 0 saturated heterocycles. The molecule has 2 aromatic rings. The summed E-state index contributed by atoms with van der Waals surface area (Å²) in [6.07, 6.45) is 1.91. The second kappa shape index (κ2) is 9.07. The van der Waals surface area contributed by atoms with Crippen LogP contribution in [0.3, 0.4) is 0 Å². The van der Waals surface area contributed by atoms with Crippen LogP contribution >= 0.6 is 0 Å². The van der Waals surface area contributed by atoms with E-state index >= 15 is 0 Å². The van der Waals surface area contributed by atoms with Crippen molar-refractivity contribution in [1.29, 1.82) is 0 Å². The van der Waals surface area contributed by atoms with Crippen LogP contribution in [0.1, 0.15) is 11.1 Å². The molecular weight excluding hydrogens is 280 g/mol. The third-order valence-corrected chi connectivity index (χ3v) is 3.27. The molecule has 0 radical (unpaired) electrons. The first-order valence-electron chi connectivity index (χ1n) is 7.47. The molecular formula is C18H22O4. The zero-order valence-corrected chi connectivity index (χ0v) is 12.6. The molecule has 2 N–H and O–H groups in total. The lowest BCUT2D eigenvalue weighted by Gasteiger charge is -2.07. The van der Waals surface area contributed by atoms with Crippen LogP contribution in [0, 0.1) is 0 Å². The lowest BCUT2D eigenvalue weighted by atomic mass is 10.0. The minimum Gasteiger partial charge on any atom is -0.491 e. The Bertz CT molecular complexity index is 483. The SMILES string of the molecule is OCCOc1ccc(CCc2ccc(OCCO)cc2)cc1. The van der Waals surface area contributed by atoms with Gasteiger partial charge in [0.05, 0.1) is 13.2 Å². The zero-order chi connectivity index (χ0) is 15.6. The van der Waals surface area contributed by atoms with Gasteiger partial charge in [0.15, 0.2) is 0 Å². The molecule has 22 heavy (non-hydrogen) atoms. The summed E-state index contributed by atoms with van der Waals surface area (Å²) < 4.78 is 10.7. The summed E-state index contributed by atoms with van der Waals surface area (Å²) in [5, 5.41) is 17.4. The van der Waals surface area contributed by atoms with Crippen LogP contribution in [-0.2, 0) is 12.8 Å². The first-order chi connectivity index (χ1) is 10.8. The maximum absolute atomic E-state index is 8.71. The van der Waals surface area contributed by atoms with Crippen LogP contribution in [-0.4, -0.2) is 36.6 Å². The van der Waals surface area contributed by atoms with Crippen molar-refractivity contribution < 1.29 is 19.7 Å². The fraction of sp³-hybridized carbons (Fsp3) is 0.333. The van der Waals surface area contributed by atoms with E-state index in [4.69, 9.17) is 19.7 Å². The summed E-state index contributed by atoms with van der Waals surface area (Å²) in [4.78, 5) is 0. The largest absolute Gasteiger partial charge is 0.491 e. The van der Waals surface area contributed by atoms with Gasteiger partial charge >= 0.3 is 0 Å². The van der Waals surface area contributed by atoms with Crippen LogP contribution in [0.4, 0.5) is 0 Å². The van der Waals surface area contributed by atoms with Gasteiger partial charge in [0.1, 0.15) is 24.7 Å². The Kier molecular flexibility index (Phi) is 6.74. The third kappa shape index (κ3) is 5.39. The summed E-state index contributed by atoms with van der Waals surface area (Å²) in [5.41, 5.74) is 2.49. The number of aliphatic hydroxyl groups is 2. The van der Waals surface area contributed by atoms with E-state index in [2.05, 4.69) is 0 Å². The van der Waals surface area contributed by atoms with E-state index in [0.717, 1.165) is 24.3 Å². The van der Waals surface area contributed by atoms with Crippen molar-refractivity contribution in [2.75, 3.05) is 26.4 Å². The van der Waals surface area contributed by atoms with Gasteiger partial charge in [-0.25, -0.2) is 0 Å². The highest BCUT2D eigenvalue weighted by molar-refractivity contribution is 5.30. The monoisotopic (exact) mass is 302 g/mol. The number of aryl methyl sites for hydroxylation is 2. The normalized spacial score (nSPS) is 10.5. The highest BCUT2D eigenvalue weighted by atomic mass is 16.5. The molecule has 4 nitrogen and oxygen atoms in total. The third-order valence-electron chi connectivity index (χ3n) is 3.27. The van der Waals surface area contributed by atoms with Crippen LogP contribution < -0.4 is 9.47 Å². The number of rotatable bonds is 9. The van der Waals surface area contributed by atoms with Gasteiger partial charge in [0.25, 0.3) is 0 Å². The number of aliphatic hydroxyl groups excluding tert-OH is 2. The van der Waals surface area contributed by atoms with E-state index < -0.39 is 0 Å². The van der Waals surface area contributed by atoms with E-state index in [0.29, 0.717) is 13.2 Å². The van der Waals surface area contributed by atoms with Crippen molar-refractivity contribution in [3.8, 4) is 11.5 Å². The predicted octanol–water partition coefficient (Wildman–Crippen LogP) is 2.21. The zero-order valence-electron chi connectivity index (χ0n) is 12.6. The predicted molar refractivity (Wildman–Crippen MR) is 85.5 cm³/mol. The highest BCUT2D eigenvalue weighted by Crippen LogP contribution is 2.16. The minimum absolute atomic E-state index is 0.0275. The summed E-state index contributed by atoms with van der Waals surface area (Å²) in [7, 11) is 0. The fourth-order valence-corrected chi connectivity index (χ4v) is 2.12. The summed E-state index contributed by atoms with van der Waals surface area (Å²) >= 11 is 0. The van der Waals surface area contributed by atoms with Crippen molar-refractivity contribution in [3.05, 3.63) is 59.7 Å². The van der Waals surface area contributed by atoms with Crippen molar-refractivity contribution in [3.63, 3.8) is 0 Å². The lowest BCUT2D eigenvalue weighted by molar-refractivity contribution is 0.201. The number of benzene rings is 2. The Labute approximate surface area is 130 Å². The maximum atomic E-state index is 8.71. The molecule has 0 bridgehead atoms. The number of hydrogen-bond acceptors (Lipinski definition) is 4. The molecule has 0 fully saturated rings. The topological polar surface area (TPSA) is 58.9 Å². The average Bonchev–Trinajstić information content (AvgIpc) is 2.58. The summed E-state index contributed by atoms with van der Waals surface area (Å²) in [5.74, 6) is 1.56. The first kappa shape index (κ1) is 16.3. The minimum atomic E-state index is 0.0275. The van der Waals surface area contributed by atoms with Gasteiger partial charge in [-0.05, 0) is 48.2 Å². The molecule has 0 aromatic heterocycles. The van der Waals surface area contributed by atoms with Gasteiger partial charge < -0.3 is 19.7 Å². The molecule has 0 aliphatic carbocycles. The van der Waals surface area contributed by atoms with E-state index in [1.807, 2.05) is 48.5 Å². The smallest absolute Gasteiger partial charge is 0.119 e. The summed E-state index contributed by atoms with van der Waals surface area (Å²) in [6, 6.07) is 15.9. The number of ether oxygens (including phenoxy) is 2. The van der Waals surface area contributed by atoms with E-state index in [1.54, 1.807) is 0 Å². The Morgan fingerprint density at radius 3 is 1.27 bits per heavy atom. The molecule has 118 valence electrons. The van der Waals surface area contributed by atoms with Crippen LogP contribution in [0.25, 0.3) is 0 Å². The first-order valence-corrected chi connectivity index (χ1v) is 7.47. The summed E-state index contributed by atoms with van der Waals surface area (Å²) in [6.45, 7) is 0.702. The molecule has 2 rings (SSSR count). The van der Waals surface area contributed by atoms with Gasteiger partial charge in [-0.3, -0.25) is 0 Å². The molecule has 0 aliphatic heterocycles. The molecule has 0 atom stereocenters. The molecule has 0 heterocycles. The van der Waals surface area contributed by atoms with Gasteiger partial charge in [0, 0.05) is 0 Å². The van der Waals surface area contributed by atoms with Crippen molar-refractivity contribution in [2.24, 2.45) is 0 Å². The van der Waals surface area contributed by atoms with Gasteiger partial charge in [-0.15, -0.1) is 0 Å². The van der Waals surface area contributed by atoms with E-state index in [9.17, 15) is 0 Å². The Hall–Kier alpha value is -2.04. The Balaban J connectivity index is 1.81. The highest BCUT2D eigenvalue weighted by Gasteiger charge is 1.99. The standard InChI is InChI=1S/C18H22O4/c19-11-13-21-17-7-3-15(4-8-17)1-2-16-5-9-18(10-6-16)22-14-12-20/h3-10,19-20H,1-2,11-14H2. The van der Waals surface area contributed by atoms with Crippen LogP contribution in [0.15, 0.2) is 48.5 Å². The van der Waals surface area contributed by atoms with E-state index in [1.165, 1.54) is 11.1 Å². The Morgan fingerprint density at radius 2 is 0.955 bits per heavy atom. The average molecular weight is 302 g/mol. The van der Waals surface area contributed by atoms with Crippen molar-refractivity contribution >= 4 is 0 Å². The van der Waals surface area contributed by atoms with Crippen molar-refractivity contribution in [1.82, 2.24) is 0 Å². The molecule has 0 amide bonds. The fourth-order valence-electron chi connectivity index (χ4n) is 2.12. The quantitative estimate of drug-likeness (QED) is 0.745. The van der Waals surface area contributed by atoms with Crippen LogP contribution in [0.2, 0.25) is 0 Å². The molecule has 4 heteroatoms. The van der Waals surface area contributed by atoms with Gasteiger partial charge in [0.2, 0.25) is 0 Å². The molecule has 0 saturated carbocycles. The van der Waals surface area contributed by atoms with Crippen molar-refractivity contribution in [2.45, 2.75) is 12.8 Å². The maximum Gasteiger partial charge on any atom is 0.119 e. The molecule has 0 spiro atoms. The molecule has 0 unspecified atom stereocenters. The van der Waals surface area contributed by atoms with Gasteiger partial charge in [-0.1, -0.05) is 24.3 Å². The van der Waals surface area contributed by atoms with Crippen LogP contribution in [0.5, 0.6) is 11.5 Å². The molecule has 2 aromatic carbocycles.